The van der Waals surface area contributed by atoms with Crippen molar-refractivity contribution in [3.8, 4) is 0 Å². The second-order valence-corrected chi connectivity index (χ2v) is 19.7. The van der Waals surface area contributed by atoms with Gasteiger partial charge in [0.1, 0.15) is 35.9 Å². The quantitative estimate of drug-likeness (QED) is 0.195. The fraction of sp³-hybridized carbons (Fsp3) is 0.760. The molecule has 15 nitrogen and oxygen atoms in total. The highest BCUT2D eigenvalue weighted by molar-refractivity contribution is 5.78. The molecule has 20 atom stereocenters. The standard InChI is InChI=1S/C50H75NO14/c1-12-26(2)45-29(5)18-19-49(65-45)24-36-21-35(64-49)17-16-28(4)44(27(3)14-13-15-34-25-58-47-43(53)30(6)20-37(48(54)61-36)50(34,47)55)62-41-23-39(57-11)46(32(8)60-41)63-40-22-38(56-10)42(31(7)59-40)51-33(9)52/h13-16,18-20,26-27,29,31-32,35-47,53,55H,12,17,21-25H2,1-11H3,(H,51,52)/b14-13+,28-16+,34-15+/t26-,27-,29-,31-,32-,35+,36+,37+,38-,39-,40-,41-,42-,43+,44-,45+,46-,47+,49+,50+/m0/s1. The number of hydrogen-bond acceptors (Lipinski definition) is 14. The summed E-state index contributed by atoms with van der Waals surface area (Å²) in [5.41, 5.74) is 0.116. The van der Waals surface area contributed by atoms with Crippen molar-refractivity contribution in [3.63, 3.8) is 0 Å². The fourth-order valence-corrected chi connectivity index (χ4v) is 11.0. The Labute approximate surface area is 385 Å². The number of aliphatic hydroxyl groups is 2. The minimum atomic E-state index is -1.84. The molecule has 7 aliphatic rings. The van der Waals surface area contributed by atoms with Crippen molar-refractivity contribution in [2.24, 2.45) is 23.7 Å². The zero-order chi connectivity index (χ0) is 47.0. The highest BCUT2D eigenvalue weighted by Crippen LogP contribution is 2.47. The van der Waals surface area contributed by atoms with E-state index in [1.807, 2.05) is 39.0 Å². The second-order valence-electron chi connectivity index (χ2n) is 19.7. The summed E-state index contributed by atoms with van der Waals surface area (Å²) in [6.45, 7) is 17.7. The van der Waals surface area contributed by atoms with E-state index in [2.05, 4.69) is 45.2 Å². The van der Waals surface area contributed by atoms with Gasteiger partial charge in [-0.3, -0.25) is 9.59 Å². The first-order chi connectivity index (χ1) is 30.9. The zero-order valence-electron chi connectivity index (χ0n) is 40.2. The number of amides is 1. The van der Waals surface area contributed by atoms with Crippen molar-refractivity contribution in [1.29, 1.82) is 0 Å². The Hall–Kier alpha value is -2.80. The summed E-state index contributed by atoms with van der Waals surface area (Å²) in [6, 6.07) is -0.315. The molecule has 0 unspecified atom stereocenters. The number of methoxy groups -OCH3 is 2. The lowest BCUT2D eigenvalue weighted by molar-refractivity contribution is -0.311. The van der Waals surface area contributed by atoms with E-state index in [9.17, 15) is 19.8 Å². The maximum absolute atomic E-state index is 14.4. The first-order valence-corrected chi connectivity index (χ1v) is 23.8. The van der Waals surface area contributed by atoms with Crippen LogP contribution in [0.1, 0.15) is 101 Å². The minimum Gasteiger partial charge on any atom is -0.462 e. The summed E-state index contributed by atoms with van der Waals surface area (Å²) >= 11 is 0. The normalized spacial score (nSPS) is 47.3. The largest absolute Gasteiger partial charge is 0.462 e. The Balaban J connectivity index is 1.16. The summed E-state index contributed by atoms with van der Waals surface area (Å²) in [4.78, 5) is 26.3. The molecule has 0 aromatic heterocycles. The molecule has 7 rings (SSSR count). The lowest BCUT2D eigenvalue weighted by Gasteiger charge is -2.48. The van der Waals surface area contributed by atoms with Gasteiger partial charge in [-0.05, 0) is 62.8 Å². The van der Waals surface area contributed by atoms with Crippen LogP contribution in [-0.4, -0.2) is 140 Å². The van der Waals surface area contributed by atoms with Crippen LogP contribution in [0.2, 0.25) is 0 Å². The van der Waals surface area contributed by atoms with E-state index in [1.165, 1.54) is 6.92 Å². The molecule has 4 saturated heterocycles. The number of carbonyl (C=O) groups is 2. The number of fused-ring (bicyclic) bond motifs is 2. The van der Waals surface area contributed by atoms with Gasteiger partial charge >= 0.3 is 5.97 Å². The molecule has 6 heterocycles. The lowest BCUT2D eigenvalue weighted by Crippen LogP contribution is -2.58. The fourth-order valence-electron chi connectivity index (χ4n) is 11.0. The van der Waals surface area contributed by atoms with Crippen LogP contribution in [0.3, 0.4) is 0 Å². The Bertz CT molecular complexity index is 1850. The van der Waals surface area contributed by atoms with Crippen molar-refractivity contribution in [1.82, 2.24) is 5.32 Å². The van der Waals surface area contributed by atoms with Crippen LogP contribution >= 0.6 is 0 Å². The number of esters is 1. The molecule has 2 bridgehead atoms. The third kappa shape index (κ3) is 10.6. The Kier molecular flexibility index (Phi) is 16.0. The second kappa shape index (κ2) is 20.8. The summed E-state index contributed by atoms with van der Waals surface area (Å²) < 4.78 is 64.4. The van der Waals surface area contributed by atoms with Crippen LogP contribution in [0.25, 0.3) is 0 Å². The van der Waals surface area contributed by atoms with Gasteiger partial charge in [-0.15, -0.1) is 0 Å². The summed E-state index contributed by atoms with van der Waals surface area (Å²) in [7, 11) is 3.27. The van der Waals surface area contributed by atoms with E-state index >= 15 is 0 Å². The van der Waals surface area contributed by atoms with Crippen LogP contribution in [0.15, 0.2) is 59.3 Å². The van der Waals surface area contributed by atoms with E-state index in [-0.39, 0.29) is 61.0 Å². The number of carbonyl (C=O) groups excluding carboxylic acids is 2. The molecule has 0 aromatic rings. The van der Waals surface area contributed by atoms with Crippen LogP contribution in [0.5, 0.6) is 0 Å². The maximum Gasteiger partial charge on any atom is 0.316 e. The molecular weight excluding hydrogens is 839 g/mol. The third-order valence-electron chi connectivity index (χ3n) is 14.9. The van der Waals surface area contributed by atoms with E-state index in [0.29, 0.717) is 36.8 Å². The molecule has 3 N–H and O–H groups in total. The predicted octanol–water partition coefficient (Wildman–Crippen LogP) is 5.52. The van der Waals surface area contributed by atoms with Crippen LogP contribution in [0, 0.1) is 23.7 Å². The van der Waals surface area contributed by atoms with E-state index < -0.39 is 84.7 Å². The molecule has 0 aromatic carbocycles. The molecule has 364 valence electrons. The monoisotopic (exact) mass is 914 g/mol. The first-order valence-electron chi connectivity index (χ1n) is 23.8. The van der Waals surface area contributed by atoms with Crippen LogP contribution in [-0.2, 0) is 57.0 Å². The number of nitrogens with one attached hydrogen (secondary N) is 1. The number of rotatable bonds is 9. The molecular formula is C50H75NO14. The molecule has 65 heavy (non-hydrogen) atoms. The summed E-state index contributed by atoms with van der Waals surface area (Å²) in [5.74, 6) is -2.75. The Morgan fingerprint density at radius 1 is 0.938 bits per heavy atom. The number of ether oxygens (including phenoxy) is 10. The molecule has 0 radical (unpaired) electrons. The van der Waals surface area contributed by atoms with Crippen molar-refractivity contribution < 1.29 is 67.2 Å². The molecule has 0 saturated carbocycles. The molecule has 1 aliphatic carbocycles. The molecule has 1 amide bonds. The molecule has 4 fully saturated rings. The van der Waals surface area contributed by atoms with Crippen LogP contribution < -0.4 is 5.32 Å². The van der Waals surface area contributed by atoms with Crippen molar-refractivity contribution in [2.45, 2.75) is 198 Å². The van der Waals surface area contributed by atoms with Gasteiger partial charge in [0.2, 0.25) is 5.91 Å². The van der Waals surface area contributed by atoms with Crippen molar-refractivity contribution in [3.05, 3.63) is 59.3 Å². The minimum absolute atomic E-state index is 0.0270. The molecule has 1 spiro atoms. The average molecular weight is 914 g/mol. The highest BCUT2D eigenvalue weighted by atomic mass is 16.7. The van der Waals surface area contributed by atoms with Gasteiger partial charge in [-0.2, -0.15) is 0 Å². The van der Waals surface area contributed by atoms with Crippen molar-refractivity contribution >= 4 is 11.9 Å². The topological polar surface area (TPSA) is 179 Å². The third-order valence-corrected chi connectivity index (χ3v) is 14.9. The van der Waals surface area contributed by atoms with E-state index in [1.54, 1.807) is 33.3 Å². The number of allylic oxidation sites excluding steroid dienone is 2. The average Bonchev–Trinajstić information content (AvgIpc) is 3.61. The number of aliphatic hydroxyl groups excluding tert-OH is 1. The smallest absolute Gasteiger partial charge is 0.316 e. The SMILES string of the molecule is CC[C@H](C)[C@H]1O[C@]2(C=C[C@@H]1C)C[C@H]1C[C@@H](C/C=C(\C)[C@@H](O[C@H]3C[C@H](OC)[C@@H](O[C@H]4C[C@H](OC)[C@@H](NC(C)=O)[C@H](C)O4)[C@H](C)O3)[C@@H](C)/C=C/C=C3\CO[C@@H]4[C@H](O)C(C)=C[C@H](C(=O)O1)[C@]34O)O2. The number of hydrogen-bond donors (Lipinski definition) is 3. The Morgan fingerprint density at radius 3 is 2.35 bits per heavy atom. The van der Waals surface area contributed by atoms with Gasteiger partial charge in [0, 0.05) is 58.7 Å². The predicted molar refractivity (Wildman–Crippen MR) is 239 cm³/mol. The van der Waals surface area contributed by atoms with Gasteiger partial charge in [0.05, 0.1) is 55.4 Å². The summed E-state index contributed by atoms with van der Waals surface area (Å²) in [6.07, 6.45) is 9.46. The van der Waals surface area contributed by atoms with Gasteiger partial charge in [0.25, 0.3) is 0 Å². The van der Waals surface area contributed by atoms with Gasteiger partial charge < -0.3 is 62.9 Å². The Morgan fingerprint density at radius 2 is 1.65 bits per heavy atom. The van der Waals surface area contributed by atoms with E-state index in [0.717, 1.165) is 12.0 Å². The van der Waals surface area contributed by atoms with Gasteiger partial charge in [0.15, 0.2) is 18.4 Å². The van der Waals surface area contributed by atoms with Gasteiger partial charge in [-0.1, -0.05) is 70.6 Å². The van der Waals surface area contributed by atoms with Gasteiger partial charge in [-0.25, -0.2) is 0 Å². The highest BCUT2D eigenvalue weighted by Gasteiger charge is 2.60. The molecule has 6 aliphatic heterocycles. The maximum atomic E-state index is 14.4. The van der Waals surface area contributed by atoms with E-state index in [4.69, 9.17) is 47.4 Å². The zero-order valence-corrected chi connectivity index (χ0v) is 40.2. The molecule has 15 heteroatoms. The van der Waals surface area contributed by atoms with Crippen LogP contribution in [0.4, 0.5) is 0 Å². The van der Waals surface area contributed by atoms with Crippen molar-refractivity contribution in [2.75, 3.05) is 20.8 Å². The first kappa shape index (κ1) is 50.1. The summed E-state index contributed by atoms with van der Waals surface area (Å²) in [5, 5.41) is 26.7. The lowest BCUT2D eigenvalue weighted by atomic mass is 9.71.